The molecule has 0 spiro atoms. The average Bonchev–Trinajstić information content (AvgIpc) is 3.46. The molecule has 1 aromatic carbocycles. The van der Waals surface area contributed by atoms with Crippen LogP contribution in [0.15, 0.2) is 48.8 Å². The van der Waals surface area contributed by atoms with E-state index in [1.807, 2.05) is 46.8 Å². The number of ether oxygens (including phenoxy) is 2. The number of rotatable bonds is 10. The van der Waals surface area contributed by atoms with E-state index in [4.69, 9.17) is 32.7 Å². The van der Waals surface area contributed by atoms with E-state index >= 15 is 0 Å². The van der Waals surface area contributed by atoms with Gasteiger partial charge in [-0.25, -0.2) is 9.78 Å². The van der Waals surface area contributed by atoms with E-state index in [-0.39, 0.29) is 43.0 Å². The Hall–Kier alpha value is -3.76. The van der Waals surface area contributed by atoms with Gasteiger partial charge in [0.2, 0.25) is 0 Å². The van der Waals surface area contributed by atoms with E-state index in [1.165, 1.54) is 0 Å². The highest BCUT2D eigenvalue weighted by Crippen LogP contribution is 2.30. The molecule has 4 rings (SSSR count). The third-order valence-electron chi connectivity index (χ3n) is 7.22. The molecular weight excluding hydrogens is 617 g/mol. The second kappa shape index (κ2) is 15.0. The van der Waals surface area contributed by atoms with Crippen LogP contribution in [0.3, 0.4) is 0 Å². The molecule has 3 aromatic rings. The van der Waals surface area contributed by atoms with Crippen LogP contribution in [0.25, 0.3) is 11.1 Å². The zero-order valence-corrected chi connectivity index (χ0v) is 27.8. The molecule has 3 heterocycles. The van der Waals surface area contributed by atoms with Gasteiger partial charge < -0.3 is 30.0 Å². The maximum atomic E-state index is 13.4. The maximum absolute atomic E-state index is 13.4. The molecule has 0 unspecified atom stereocenters. The molecule has 1 atom stereocenters. The predicted octanol–water partition coefficient (Wildman–Crippen LogP) is 7.26. The number of nitrogens with one attached hydrogen (secondary N) is 3. The fourth-order valence-corrected chi connectivity index (χ4v) is 5.42. The normalized spacial score (nSPS) is 14.6. The van der Waals surface area contributed by atoms with Crippen molar-refractivity contribution in [2.24, 2.45) is 5.92 Å². The number of likely N-dealkylation sites (tertiary alicyclic amines) is 1. The van der Waals surface area contributed by atoms with Gasteiger partial charge in [0.05, 0.1) is 11.1 Å². The lowest BCUT2D eigenvalue weighted by Gasteiger charge is -2.33. The van der Waals surface area contributed by atoms with Crippen LogP contribution >= 0.6 is 23.2 Å². The van der Waals surface area contributed by atoms with Crippen LogP contribution in [0.2, 0.25) is 10.0 Å². The van der Waals surface area contributed by atoms with E-state index in [2.05, 4.69) is 20.6 Å². The quantitative estimate of drug-likeness (QED) is 0.196. The van der Waals surface area contributed by atoms with Crippen LogP contribution in [0.1, 0.15) is 76.0 Å². The molecular formula is C33H41Cl2N5O5. The third kappa shape index (κ3) is 10.1. The Morgan fingerprint density at radius 1 is 1.11 bits per heavy atom. The molecule has 45 heavy (non-hydrogen) atoms. The number of pyridine rings is 1. The molecule has 12 heteroatoms. The summed E-state index contributed by atoms with van der Waals surface area (Å²) in [5.41, 5.74) is 1.90. The molecule has 1 saturated heterocycles. The summed E-state index contributed by atoms with van der Waals surface area (Å²) in [6.45, 7) is 10.5. The minimum Gasteiger partial charge on any atom is -0.463 e. The van der Waals surface area contributed by atoms with Gasteiger partial charge in [-0.2, -0.15) is 0 Å². The van der Waals surface area contributed by atoms with E-state index in [0.29, 0.717) is 53.1 Å². The first-order valence-electron chi connectivity index (χ1n) is 15.1. The lowest BCUT2D eigenvalue weighted by atomic mass is 9.94. The van der Waals surface area contributed by atoms with Crippen LogP contribution < -0.4 is 10.6 Å². The topological polar surface area (TPSA) is 126 Å². The molecule has 242 valence electrons. The molecule has 1 aliphatic heterocycles. The molecule has 1 aliphatic rings. The number of benzene rings is 1. The standard InChI is InChI=1S/C33H41Cl2N5O5/c1-20(2)38-29-16-25(26(35)18-37-29)23-15-27(36-17-23)31(42)39-28(22-7-6-8-24(34)14-22)19-44-30(41)13-21-9-11-40(12-10-21)32(43)45-33(3,4)5/h6-8,14-18,20-21,28,36H,9-13,19H2,1-5H3,(H,37,38)(H,39,42)/t28-/m1/s1. The van der Waals surface area contributed by atoms with Gasteiger partial charge in [-0.05, 0) is 83.2 Å². The molecule has 0 aliphatic carbocycles. The van der Waals surface area contributed by atoms with Crippen LogP contribution in [0, 0.1) is 5.92 Å². The monoisotopic (exact) mass is 657 g/mol. The van der Waals surface area contributed by atoms with Gasteiger partial charge in [0.25, 0.3) is 5.91 Å². The second-order valence-corrected chi connectivity index (χ2v) is 13.4. The van der Waals surface area contributed by atoms with E-state index in [9.17, 15) is 14.4 Å². The number of anilines is 1. The Labute approximate surface area is 274 Å². The molecule has 1 fully saturated rings. The van der Waals surface area contributed by atoms with Crippen LogP contribution in [-0.4, -0.2) is 64.2 Å². The van der Waals surface area contributed by atoms with Crippen molar-refractivity contribution in [2.45, 2.75) is 71.6 Å². The molecule has 3 N–H and O–H groups in total. The summed E-state index contributed by atoms with van der Waals surface area (Å²) in [5, 5.41) is 7.17. The zero-order valence-electron chi connectivity index (χ0n) is 26.3. The van der Waals surface area contributed by atoms with Crippen LogP contribution in [-0.2, 0) is 14.3 Å². The first-order chi connectivity index (χ1) is 21.3. The third-order valence-corrected chi connectivity index (χ3v) is 7.76. The number of nitrogens with zero attached hydrogens (tertiary/aromatic N) is 2. The smallest absolute Gasteiger partial charge is 0.410 e. The Kier molecular flexibility index (Phi) is 11.4. The number of hydrogen-bond donors (Lipinski definition) is 3. The van der Waals surface area contributed by atoms with E-state index < -0.39 is 11.6 Å². The fourth-order valence-electron chi connectivity index (χ4n) is 5.01. The van der Waals surface area contributed by atoms with Gasteiger partial charge in [0, 0.05) is 54.1 Å². The lowest BCUT2D eigenvalue weighted by molar-refractivity contribution is -0.145. The number of amides is 2. The van der Waals surface area contributed by atoms with Crippen molar-refractivity contribution in [3.05, 3.63) is 70.1 Å². The number of carbonyl (C=O) groups is 3. The lowest BCUT2D eigenvalue weighted by Crippen LogP contribution is -2.42. The second-order valence-electron chi connectivity index (χ2n) is 12.5. The number of H-pyrrole nitrogens is 1. The van der Waals surface area contributed by atoms with E-state index in [1.54, 1.807) is 41.6 Å². The number of aromatic amines is 1. The summed E-state index contributed by atoms with van der Waals surface area (Å²) >= 11 is 12.7. The number of halogens is 2. The number of aromatic nitrogens is 2. The molecule has 10 nitrogen and oxygen atoms in total. The minimum absolute atomic E-state index is 0.0738. The Balaban J connectivity index is 1.38. The highest BCUT2D eigenvalue weighted by molar-refractivity contribution is 6.33. The summed E-state index contributed by atoms with van der Waals surface area (Å²) in [6.07, 6.45) is 4.51. The summed E-state index contributed by atoms with van der Waals surface area (Å²) in [6, 6.07) is 10.1. The first-order valence-corrected chi connectivity index (χ1v) is 15.8. The average molecular weight is 659 g/mol. The Morgan fingerprint density at radius 2 is 1.84 bits per heavy atom. The van der Waals surface area contributed by atoms with E-state index in [0.717, 1.165) is 11.1 Å². The zero-order chi connectivity index (χ0) is 32.7. The van der Waals surface area contributed by atoms with Gasteiger partial charge in [-0.3, -0.25) is 9.59 Å². The summed E-state index contributed by atoms with van der Waals surface area (Å²) < 4.78 is 11.1. The van der Waals surface area contributed by atoms with Gasteiger partial charge in [-0.15, -0.1) is 0 Å². The highest BCUT2D eigenvalue weighted by atomic mass is 35.5. The van der Waals surface area contributed by atoms with Crippen molar-refractivity contribution < 1.29 is 23.9 Å². The minimum atomic E-state index is -0.646. The predicted molar refractivity (Wildman–Crippen MR) is 176 cm³/mol. The first kappa shape index (κ1) is 34.1. The Morgan fingerprint density at radius 3 is 2.51 bits per heavy atom. The summed E-state index contributed by atoms with van der Waals surface area (Å²) in [5.74, 6) is 0.00632. The van der Waals surface area contributed by atoms with Gasteiger partial charge in [0.15, 0.2) is 0 Å². The number of hydrogen-bond acceptors (Lipinski definition) is 7. The van der Waals surface area contributed by atoms with Crippen molar-refractivity contribution in [1.82, 2.24) is 20.2 Å². The maximum Gasteiger partial charge on any atom is 0.410 e. The summed E-state index contributed by atoms with van der Waals surface area (Å²) in [7, 11) is 0. The van der Waals surface area contributed by atoms with Crippen molar-refractivity contribution in [1.29, 1.82) is 0 Å². The van der Waals surface area contributed by atoms with Crippen molar-refractivity contribution in [2.75, 3.05) is 25.0 Å². The number of esters is 1. The van der Waals surface area contributed by atoms with Crippen LogP contribution in [0.5, 0.6) is 0 Å². The van der Waals surface area contributed by atoms with Crippen LogP contribution in [0.4, 0.5) is 10.6 Å². The van der Waals surface area contributed by atoms with Crippen molar-refractivity contribution in [3.8, 4) is 11.1 Å². The number of piperidine rings is 1. The SMILES string of the molecule is CC(C)Nc1cc(-c2c[nH]c(C(=O)N[C@H](COC(=O)CC3CCN(C(=O)OC(C)(C)C)CC3)c3cccc(Cl)c3)c2)c(Cl)cn1. The molecule has 0 radical (unpaired) electrons. The summed E-state index contributed by atoms with van der Waals surface area (Å²) in [4.78, 5) is 47.6. The molecule has 0 bridgehead atoms. The highest BCUT2D eigenvalue weighted by Gasteiger charge is 2.28. The largest absolute Gasteiger partial charge is 0.463 e. The molecule has 2 aromatic heterocycles. The number of carbonyl (C=O) groups excluding carboxylic acids is 3. The van der Waals surface area contributed by atoms with Gasteiger partial charge in [-0.1, -0.05) is 35.3 Å². The molecule has 2 amide bonds. The van der Waals surface area contributed by atoms with Gasteiger partial charge >= 0.3 is 12.1 Å². The fraction of sp³-hybridized carbons (Fsp3) is 0.455. The Bertz CT molecular complexity index is 1490. The molecule has 0 saturated carbocycles. The van der Waals surface area contributed by atoms with Crippen molar-refractivity contribution >= 4 is 47.0 Å². The van der Waals surface area contributed by atoms with Gasteiger partial charge in [0.1, 0.15) is 23.7 Å². The van der Waals surface area contributed by atoms with Crippen molar-refractivity contribution in [3.63, 3.8) is 0 Å².